The maximum absolute atomic E-state index is 12.7. The number of sulfonamides is 1. The predicted molar refractivity (Wildman–Crippen MR) is 88.1 cm³/mol. The molecule has 1 amide bonds. The third kappa shape index (κ3) is 2.43. The Morgan fingerprint density at radius 2 is 1.71 bits per heavy atom. The van der Waals surface area contributed by atoms with Gasteiger partial charge in [-0.2, -0.15) is 0 Å². The molecule has 124 valence electrons. The van der Waals surface area contributed by atoms with Crippen LogP contribution in [0.5, 0.6) is 0 Å². The van der Waals surface area contributed by atoms with Crippen LogP contribution in [0, 0.1) is 6.92 Å². The van der Waals surface area contributed by atoms with Gasteiger partial charge in [-0.15, -0.1) is 0 Å². The molecule has 0 radical (unpaired) electrons. The summed E-state index contributed by atoms with van der Waals surface area (Å²) in [7, 11) is -2.79. The highest BCUT2D eigenvalue weighted by Crippen LogP contribution is 2.34. The van der Waals surface area contributed by atoms with Crippen LogP contribution in [0.15, 0.2) is 59.3 Å². The van der Waals surface area contributed by atoms with Gasteiger partial charge in [-0.25, -0.2) is 8.42 Å². The fourth-order valence-corrected chi connectivity index (χ4v) is 3.85. The standard InChI is InChI=1S/C17H16N2O4S/c1-11-7-3-5-9-13(11)18-16(20)15-12-8-4-6-10-14(12)24(22,23)19(2)17(15)21/h3-10,21H,1-2H3,(H,18,20)/p-1. The molecule has 0 aromatic heterocycles. The minimum Gasteiger partial charge on any atom is -0.859 e. The topological polar surface area (TPSA) is 89.5 Å². The number of hydrogen-bond acceptors (Lipinski definition) is 4. The number of aryl methyl sites for hydroxylation is 1. The fraction of sp³-hybridized carbons (Fsp3) is 0.118. The Morgan fingerprint density at radius 1 is 1.08 bits per heavy atom. The Morgan fingerprint density at radius 3 is 2.42 bits per heavy atom. The van der Waals surface area contributed by atoms with Crippen LogP contribution in [0.1, 0.15) is 11.1 Å². The molecule has 0 aliphatic carbocycles. The van der Waals surface area contributed by atoms with Crippen LogP contribution in [0.4, 0.5) is 5.69 Å². The van der Waals surface area contributed by atoms with Gasteiger partial charge in [0.1, 0.15) is 0 Å². The van der Waals surface area contributed by atoms with Crippen molar-refractivity contribution in [2.45, 2.75) is 11.8 Å². The average molecular weight is 343 g/mol. The lowest BCUT2D eigenvalue weighted by atomic mass is 10.0. The Labute approximate surface area is 140 Å². The van der Waals surface area contributed by atoms with Crippen molar-refractivity contribution in [2.75, 3.05) is 12.4 Å². The number of amides is 1. The first-order valence-corrected chi connectivity index (χ1v) is 8.64. The summed E-state index contributed by atoms with van der Waals surface area (Å²) in [4.78, 5) is 12.6. The van der Waals surface area contributed by atoms with E-state index >= 15 is 0 Å². The van der Waals surface area contributed by atoms with Gasteiger partial charge in [-0.1, -0.05) is 36.4 Å². The molecule has 1 aliphatic rings. The Bertz CT molecular complexity index is 964. The summed E-state index contributed by atoms with van der Waals surface area (Å²) in [6.45, 7) is 1.83. The van der Waals surface area contributed by atoms with Gasteiger partial charge in [0.2, 0.25) is 0 Å². The second-order valence-corrected chi connectivity index (χ2v) is 7.36. The quantitative estimate of drug-likeness (QED) is 0.890. The van der Waals surface area contributed by atoms with Crippen LogP contribution in [-0.2, 0) is 14.8 Å². The van der Waals surface area contributed by atoms with Crippen molar-refractivity contribution in [3.8, 4) is 0 Å². The Kier molecular flexibility index (Phi) is 3.81. The van der Waals surface area contributed by atoms with Crippen molar-refractivity contribution in [2.24, 2.45) is 0 Å². The van der Waals surface area contributed by atoms with Gasteiger partial charge in [0.05, 0.1) is 10.5 Å². The normalized spacial score (nSPS) is 15.8. The van der Waals surface area contributed by atoms with E-state index in [1.165, 1.54) is 12.1 Å². The maximum Gasteiger partial charge on any atom is 0.263 e. The van der Waals surface area contributed by atoms with Gasteiger partial charge in [0.25, 0.3) is 15.9 Å². The van der Waals surface area contributed by atoms with Crippen LogP contribution >= 0.6 is 0 Å². The summed E-state index contributed by atoms with van der Waals surface area (Å²) >= 11 is 0. The molecule has 1 N–H and O–H groups in total. The zero-order valence-electron chi connectivity index (χ0n) is 13.1. The Hall–Kier alpha value is -2.80. The molecule has 1 heterocycles. The molecular formula is C17H15N2O4S-. The highest BCUT2D eigenvalue weighted by molar-refractivity contribution is 7.89. The largest absolute Gasteiger partial charge is 0.859 e. The number of carbonyl (C=O) groups is 1. The molecule has 0 unspecified atom stereocenters. The number of fused-ring (bicyclic) bond motifs is 1. The van der Waals surface area contributed by atoms with E-state index in [9.17, 15) is 18.3 Å². The number of nitrogens with one attached hydrogen (secondary N) is 1. The van der Waals surface area contributed by atoms with E-state index in [0.717, 1.165) is 12.6 Å². The SMILES string of the molecule is Cc1ccccc1NC(=O)C1=C([O-])N(C)S(=O)(=O)c2ccccc21. The zero-order chi connectivity index (χ0) is 17.5. The molecule has 6 nitrogen and oxygen atoms in total. The lowest BCUT2D eigenvalue weighted by molar-refractivity contribution is -0.321. The van der Waals surface area contributed by atoms with Crippen LogP contribution in [0.3, 0.4) is 0 Å². The highest BCUT2D eigenvalue weighted by atomic mass is 32.2. The number of anilines is 1. The van der Waals surface area contributed by atoms with Crippen molar-refractivity contribution in [1.82, 2.24) is 4.31 Å². The number of nitrogens with zero attached hydrogens (tertiary/aromatic N) is 1. The average Bonchev–Trinajstić information content (AvgIpc) is 2.55. The van der Waals surface area contributed by atoms with E-state index in [1.807, 2.05) is 19.1 Å². The molecule has 1 aliphatic heterocycles. The minimum absolute atomic E-state index is 0.0537. The van der Waals surface area contributed by atoms with Gasteiger partial charge in [-0.05, 0) is 30.5 Å². The molecule has 0 spiro atoms. The third-order valence-electron chi connectivity index (χ3n) is 3.92. The number of hydrogen-bond donors (Lipinski definition) is 1. The summed E-state index contributed by atoms with van der Waals surface area (Å²) in [5.74, 6) is -1.48. The second-order valence-electron chi connectivity index (χ2n) is 5.42. The first kappa shape index (κ1) is 16.1. The monoisotopic (exact) mass is 343 g/mol. The molecule has 0 saturated carbocycles. The zero-order valence-corrected chi connectivity index (χ0v) is 13.9. The van der Waals surface area contributed by atoms with E-state index in [-0.39, 0.29) is 16.0 Å². The number of benzene rings is 2. The van der Waals surface area contributed by atoms with Crippen LogP contribution in [-0.4, -0.2) is 25.7 Å². The van der Waals surface area contributed by atoms with Crippen molar-refractivity contribution in [1.29, 1.82) is 0 Å². The molecular weight excluding hydrogens is 328 g/mol. The maximum atomic E-state index is 12.7. The van der Waals surface area contributed by atoms with Crippen molar-refractivity contribution in [3.05, 3.63) is 65.5 Å². The second kappa shape index (κ2) is 5.68. The van der Waals surface area contributed by atoms with E-state index in [1.54, 1.807) is 24.3 Å². The number of rotatable bonds is 2. The third-order valence-corrected chi connectivity index (χ3v) is 5.71. The highest BCUT2D eigenvalue weighted by Gasteiger charge is 2.33. The lowest BCUT2D eigenvalue weighted by Crippen LogP contribution is -2.39. The molecule has 3 rings (SSSR count). The molecule has 7 heteroatoms. The van der Waals surface area contributed by atoms with Gasteiger partial charge >= 0.3 is 0 Å². The van der Waals surface area contributed by atoms with Gasteiger partial charge in [0.15, 0.2) is 0 Å². The minimum atomic E-state index is -3.93. The van der Waals surface area contributed by atoms with Crippen molar-refractivity contribution < 1.29 is 18.3 Å². The van der Waals surface area contributed by atoms with Crippen LogP contribution in [0.25, 0.3) is 5.57 Å². The van der Waals surface area contributed by atoms with Gasteiger partial charge in [0, 0.05) is 18.3 Å². The summed E-state index contributed by atoms with van der Waals surface area (Å²) < 4.78 is 25.3. The fourth-order valence-electron chi connectivity index (χ4n) is 2.54. The number of para-hydroxylation sites is 1. The molecule has 2 aromatic rings. The molecule has 24 heavy (non-hydrogen) atoms. The van der Waals surface area contributed by atoms with Crippen molar-refractivity contribution in [3.63, 3.8) is 0 Å². The molecule has 2 aromatic carbocycles. The van der Waals surface area contributed by atoms with Crippen LogP contribution < -0.4 is 10.4 Å². The van der Waals surface area contributed by atoms with Gasteiger partial charge in [-0.3, -0.25) is 9.10 Å². The molecule has 0 atom stereocenters. The van der Waals surface area contributed by atoms with Gasteiger partial charge < -0.3 is 10.4 Å². The van der Waals surface area contributed by atoms with Crippen LogP contribution in [0.2, 0.25) is 0 Å². The summed E-state index contributed by atoms with van der Waals surface area (Å²) in [5.41, 5.74) is 1.33. The first-order chi connectivity index (χ1) is 11.3. The first-order valence-electron chi connectivity index (χ1n) is 7.20. The van der Waals surface area contributed by atoms with E-state index in [2.05, 4.69) is 5.32 Å². The molecule has 0 bridgehead atoms. The van der Waals surface area contributed by atoms with E-state index < -0.39 is 21.8 Å². The van der Waals surface area contributed by atoms with Crippen molar-refractivity contribution >= 4 is 27.2 Å². The van der Waals surface area contributed by atoms with E-state index in [4.69, 9.17) is 0 Å². The predicted octanol–water partition coefficient (Wildman–Crippen LogP) is 1.30. The molecule has 0 saturated heterocycles. The molecule has 0 fully saturated rings. The lowest BCUT2D eigenvalue weighted by Gasteiger charge is -2.34. The smallest absolute Gasteiger partial charge is 0.263 e. The van der Waals surface area contributed by atoms with E-state index in [0.29, 0.717) is 9.99 Å². The summed E-state index contributed by atoms with van der Waals surface area (Å²) in [6, 6.07) is 13.1. The summed E-state index contributed by atoms with van der Waals surface area (Å²) in [5, 5.41) is 15.1. The number of carbonyl (C=O) groups excluding carboxylic acids is 1. The Balaban J connectivity index is 2.11. The summed E-state index contributed by atoms with van der Waals surface area (Å²) in [6.07, 6.45) is 0.